The number of unbranched alkanes of at least 4 members (excludes halogenated alkanes) is 1. The van der Waals surface area contributed by atoms with Crippen LogP contribution in [0.2, 0.25) is 0 Å². The molecule has 108 valence electrons. The largest absolute Gasteiger partial charge is 0.491 e. The molecule has 0 aliphatic heterocycles. The molecule has 6 nitrogen and oxygen atoms in total. The van der Waals surface area contributed by atoms with E-state index in [9.17, 15) is 0 Å². The van der Waals surface area contributed by atoms with Gasteiger partial charge in [0.15, 0.2) is 11.6 Å². The van der Waals surface area contributed by atoms with Crippen molar-refractivity contribution in [2.45, 2.75) is 32.6 Å². The van der Waals surface area contributed by atoms with Crippen molar-refractivity contribution < 1.29 is 9.84 Å². The minimum absolute atomic E-state index is 0.207. The van der Waals surface area contributed by atoms with Crippen molar-refractivity contribution in [2.24, 2.45) is 5.92 Å². The van der Waals surface area contributed by atoms with E-state index in [-0.39, 0.29) is 12.6 Å². The number of aromatic nitrogens is 2. The van der Waals surface area contributed by atoms with E-state index >= 15 is 0 Å². The third-order valence-corrected chi connectivity index (χ3v) is 3.06. The number of nitrogens with two attached hydrogens (primary N) is 1. The lowest BCUT2D eigenvalue weighted by Gasteiger charge is -2.17. The molecule has 1 heterocycles. The summed E-state index contributed by atoms with van der Waals surface area (Å²) in [7, 11) is 1.57. The summed E-state index contributed by atoms with van der Waals surface area (Å²) in [6.07, 6.45) is 5.75. The number of ether oxygens (including phenoxy) is 1. The Labute approximate surface area is 114 Å². The first kappa shape index (κ1) is 15.5. The average Bonchev–Trinajstić information content (AvgIpc) is 2.42. The number of nitrogen functional groups attached to an aromatic ring is 1. The van der Waals surface area contributed by atoms with Gasteiger partial charge in [-0.25, -0.2) is 4.98 Å². The summed E-state index contributed by atoms with van der Waals surface area (Å²) in [5.41, 5.74) is 5.57. The maximum Gasteiger partial charge on any atom is 0.222 e. The first-order valence-electron chi connectivity index (χ1n) is 6.72. The first-order valence-corrected chi connectivity index (χ1v) is 6.72. The van der Waals surface area contributed by atoms with Crippen LogP contribution in [0.25, 0.3) is 0 Å². The van der Waals surface area contributed by atoms with Crippen LogP contribution in [0.1, 0.15) is 32.6 Å². The van der Waals surface area contributed by atoms with E-state index in [2.05, 4.69) is 22.2 Å². The van der Waals surface area contributed by atoms with Gasteiger partial charge in [-0.15, -0.1) is 0 Å². The quantitative estimate of drug-likeness (QED) is 0.631. The Bertz CT molecular complexity index is 374. The van der Waals surface area contributed by atoms with Crippen LogP contribution in [0.15, 0.2) is 6.20 Å². The smallest absolute Gasteiger partial charge is 0.222 e. The van der Waals surface area contributed by atoms with Crippen LogP contribution >= 0.6 is 0 Å². The summed E-state index contributed by atoms with van der Waals surface area (Å²) in [5, 5.41) is 12.3. The third-order valence-electron chi connectivity index (χ3n) is 3.06. The highest BCUT2D eigenvalue weighted by molar-refractivity contribution is 5.51. The number of anilines is 2. The van der Waals surface area contributed by atoms with Gasteiger partial charge in [0, 0.05) is 13.2 Å². The molecule has 6 heteroatoms. The normalized spacial score (nSPS) is 12.2. The Morgan fingerprint density at radius 3 is 2.89 bits per heavy atom. The van der Waals surface area contributed by atoms with E-state index in [1.165, 1.54) is 0 Å². The zero-order valence-corrected chi connectivity index (χ0v) is 11.7. The number of rotatable bonds is 9. The molecule has 0 unspecified atom stereocenters. The first-order chi connectivity index (χ1) is 9.21. The minimum Gasteiger partial charge on any atom is -0.491 e. The molecule has 1 aromatic rings. The number of aliphatic hydroxyl groups excluding tert-OH is 1. The fourth-order valence-electron chi connectivity index (χ4n) is 1.93. The van der Waals surface area contributed by atoms with Gasteiger partial charge in [-0.2, -0.15) is 4.98 Å². The van der Waals surface area contributed by atoms with E-state index in [1.54, 1.807) is 13.3 Å². The summed E-state index contributed by atoms with van der Waals surface area (Å²) < 4.78 is 5.18. The molecule has 0 aliphatic rings. The number of aliphatic hydroxyl groups is 1. The Morgan fingerprint density at radius 2 is 2.26 bits per heavy atom. The fraction of sp³-hybridized carbons (Fsp3) is 0.692. The van der Waals surface area contributed by atoms with Crippen molar-refractivity contribution >= 4 is 11.8 Å². The van der Waals surface area contributed by atoms with Crippen molar-refractivity contribution in [1.29, 1.82) is 0 Å². The molecule has 0 bridgehead atoms. The number of nitrogens with one attached hydrogen (secondary N) is 1. The number of methoxy groups -OCH3 is 1. The van der Waals surface area contributed by atoms with Crippen molar-refractivity contribution in [3.05, 3.63) is 6.20 Å². The lowest BCUT2D eigenvalue weighted by molar-refractivity contribution is 0.254. The van der Waals surface area contributed by atoms with E-state index in [4.69, 9.17) is 15.6 Å². The predicted octanol–water partition coefficient (Wildman–Crippen LogP) is 1.67. The van der Waals surface area contributed by atoms with E-state index in [0.29, 0.717) is 17.5 Å². The lowest BCUT2D eigenvalue weighted by atomic mass is 9.99. The Morgan fingerprint density at radius 1 is 1.47 bits per heavy atom. The van der Waals surface area contributed by atoms with Gasteiger partial charge in [0.1, 0.15) is 0 Å². The van der Waals surface area contributed by atoms with Gasteiger partial charge in [-0.1, -0.05) is 19.8 Å². The molecular weight excluding hydrogens is 244 g/mol. The molecule has 4 N–H and O–H groups in total. The summed E-state index contributed by atoms with van der Waals surface area (Å²) in [5.74, 6) is 1.82. The SMILES string of the molecule is CCCC[C@H](CCO)CNc1nc(N)ncc1OC. The number of nitrogens with zero attached hydrogens (tertiary/aromatic N) is 2. The molecule has 1 atom stereocenters. The predicted molar refractivity (Wildman–Crippen MR) is 76.2 cm³/mol. The van der Waals surface area contributed by atoms with Gasteiger partial charge in [-0.3, -0.25) is 0 Å². The van der Waals surface area contributed by atoms with E-state index in [1.807, 2.05) is 0 Å². The second-order valence-corrected chi connectivity index (χ2v) is 4.55. The Hall–Kier alpha value is -1.56. The Kier molecular flexibility index (Phi) is 6.95. The molecule has 1 rings (SSSR count). The highest BCUT2D eigenvalue weighted by Crippen LogP contribution is 2.22. The van der Waals surface area contributed by atoms with Crippen LogP contribution in [-0.2, 0) is 0 Å². The monoisotopic (exact) mass is 268 g/mol. The van der Waals surface area contributed by atoms with Gasteiger partial charge >= 0.3 is 0 Å². The van der Waals surface area contributed by atoms with Crippen LogP contribution in [0.5, 0.6) is 5.75 Å². The topological polar surface area (TPSA) is 93.3 Å². The van der Waals surface area contributed by atoms with E-state index in [0.717, 1.165) is 32.2 Å². The van der Waals surface area contributed by atoms with Crippen LogP contribution in [0, 0.1) is 5.92 Å². The second-order valence-electron chi connectivity index (χ2n) is 4.55. The summed E-state index contributed by atoms with van der Waals surface area (Å²) in [4.78, 5) is 8.01. The van der Waals surface area contributed by atoms with Gasteiger partial charge in [0.05, 0.1) is 13.3 Å². The Balaban J connectivity index is 2.59. The molecule has 0 saturated heterocycles. The zero-order valence-electron chi connectivity index (χ0n) is 11.7. The highest BCUT2D eigenvalue weighted by Gasteiger charge is 2.11. The van der Waals surface area contributed by atoms with Gasteiger partial charge in [0.2, 0.25) is 5.95 Å². The molecular formula is C13H24N4O2. The van der Waals surface area contributed by atoms with E-state index < -0.39 is 0 Å². The maximum atomic E-state index is 9.08. The summed E-state index contributed by atoms with van der Waals surface area (Å²) in [6, 6.07) is 0. The van der Waals surface area contributed by atoms with Crippen molar-refractivity contribution in [3.63, 3.8) is 0 Å². The van der Waals surface area contributed by atoms with Crippen LogP contribution in [0.4, 0.5) is 11.8 Å². The molecule has 1 aromatic heterocycles. The van der Waals surface area contributed by atoms with Gasteiger partial charge in [0.25, 0.3) is 0 Å². The zero-order chi connectivity index (χ0) is 14.1. The molecule has 0 fully saturated rings. The van der Waals surface area contributed by atoms with Crippen LogP contribution < -0.4 is 15.8 Å². The summed E-state index contributed by atoms with van der Waals surface area (Å²) >= 11 is 0. The van der Waals surface area contributed by atoms with Crippen molar-refractivity contribution in [2.75, 3.05) is 31.3 Å². The van der Waals surface area contributed by atoms with Crippen molar-refractivity contribution in [3.8, 4) is 5.75 Å². The molecule has 0 saturated carbocycles. The van der Waals surface area contributed by atoms with Gasteiger partial charge in [-0.05, 0) is 18.8 Å². The van der Waals surface area contributed by atoms with Crippen LogP contribution in [0.3, 0.4) is 0 Å². The van der Waals surface area contributed by atoms with Gasteiger partial charge < -0.3 is 20.9 Å². The number of hydrogen-bond acceptors (Lipinski definition) is 6. The average molecular weight is 268 g/mol. The van der Waals surface area contributed by atoms with Crippen LogP contribution in [-0.4, -0.2) is 35.3 Å². The molecule has 0 radical (unpaired) electrons. The lowest BCUT2D eigenvalue weighted by Crippen LogP contribution is -2.17. The fourth-order valence-corrected chi connectivity index (χ4v) is 1.93. The molecule has 19 heavy (non-hydrogen) atoms. The minimum atomic E-state index is 0.207. The van der Waals surface area contributed by atoms with Crippen molar-refractivity contribution in [1.82, 2.24) is 9.97 Å². The maximum absolute atomic E-state index is 9.08. The molecule has 0 aliphatic carbocycles. The second kappa shape index (κ2) is 8.53. The molecule has 0 amide bonds. The standard InChI is InChI=1S/C13H24N4O2/c1-3-4-5-10(6-7-18)8-15-12-11(19-2)9-16-13(14)17-12/h9-10,18H,3-8H2,1-2H3,(H3,14,15,16,17)/t10-/m1/s1. The molecule has 0 aromatic carbocycles. The molecule has 0 spiro atoms. The highest BCUT2D eigenvalue weighted by atomic mass is 16.5. The third kappa shape index (κ3) is 5.30. The summed E-state index contributed by atoms with van der Waals surface area (Å²) in [6.45, 7) is 3.12. The number of hydrogen-bond donors (Lipinski definition) is 3.